The zero-order valence-electron chi connectivity index (χ0n) is 11.1. The van der Waals surface area contributed by atoms with Crippen molar-refractivity contribution >= 4 is 0 Å². The van der Waals surface area contributed by atoms with Gasteiger partial charge < -0.3 is 10.1 Å². The first-order valence-corrected chi connectivity index (χ1v) is 7.08. The second-order valence-corrected chi connectivity index (χ2v) is 5.66. The first-order valence-electron chi connectivity index (χ1n) is 7.08. The molecule has 1 fully saturated rings. The van der Waals surface area contributed by atoms with Crippen LogP contribution < -0.4 is 10.1 Å². The van der Waals surface area contributed by atoms with Crippen molar-refractivity contribution < 1.29 is 17.9 Å². The van der Waals surface area contributed by atoms with Gasteiger partial charge in [-0.25, -0.2) is 0 Å². The van der Waals surface area contributed by atoms with Crippen LogP contribution in [0.4, 0.5) is 13.2 Å². The topological polar surface area (TPSA) is 21.3 Å². The van der Waals surface area contributed by atoms with Crippen molar-refractivity contribution in [2.75, 3.05) is 6.61 Å². The number of benzene rings is 1. The summed E-state index contributed by atoms with van der Waals surface area (Å²) in [5, 5.41) is 3.45. The number of para-hydroxylation sites is 1. The minimum atomic E-state index is -4.03. The first-order chi connectivity index (χ1) is 9.54. The van der Waals surface area contributed by atoms with E-state index < -0.39 is 12.1 Å². The van der Waals surface area contributed by atoms with Gasteiger partial charge >= 0.3 is 6.18 Å². The van der Waals surface area contributed by atoms with Crippen LogP contribution in [0.5, 0.6) is 5.75 Å². The Labute approximate surface area is 116 Å². The van der Waals surface area contributed by atoms with E-state index in [-0.39, 0.29) is 24.9 Å². The number of ether oxygens (including phenoxy) is 1. The molecule has 1 atom stereocenters. The second-order valence-electron chi connectivity index (χ2n) is 5.66. The average molecular weight is 285 g/mol. The van der Waals surface area contributed by atoms with Crippen molar-refractivity contribution in [3.63, 3.8) is 0 Å². The first kappa shape index (κ1) is 13.7. The maximum atomic E-state index is 12.6. The Bertz CT molecular complexity index is 466. The highest BCUT2D eigenvalue weighted by Crippen LogP contribution is 2.39. The molecule has 1 saturated carbocycles. The van der Waals surface area contributed by atoms with Crippen LogP contribution in [0, 0.1) is 5.92 Å². The quantitative estimate of drug-likeness (QED) is 0.891. The normalized spacial score (nSPS) is 29.9. The number of halogens is 3. The van der Waals surface area contributed by atoms with Crippen molar-refractivity contribution in [1.29, 1.82) is 0 Å². The van der Waals surface area contributed by atoms with Crippen LogP contribution in [-0.2, 0) is 0 Å². The summed E-state index contributed by atoms with van der Waals surface area (Å²) in [7, 11) is 0. The molecule has 1 heterocycles. The summed E-state index contributed by atoms with van der Waals surface area (Å²) in [4.78, 5) is 0. The second kappa shape index (κ2) is 5.28. The Morgan fingerprint density at radius 3 is 2.45 bits per heavy atom. The molecule has 0 radical (unpaired) electrons. The van der Waals surface area contributed by atoms with Crippen molar-refractivity contribution in [3.05, 3.63) is 29.8 Å². The van der Waals surface area contributed by atoms with Crippen LogP contribution in [0.15, 0.2) is 24.3 Å². The Kier molecular flexibility index (Phi) is 3.63. The maximum Gasteiger partial charge on any atom is 0.391 e. The monoisotopic (exact) mass is 285 g/mol. The van der Waals surface area contributed by atoms with E-state index in [9.17, 15) is 13.2 Å². The van der Waals surface area contributed by atoms with Crippen LogP contribution >= 0.6 is 0 Å². The van der Waals surface area contributed by atoms with Crippen molar-refractivity contribution in [2.45, 2.75) is 43.9 Å². The molecule has 0 aromatic heterocycles. The predicted molar refractivity (Wildman–Crippen MR) is 69.6 cm³/mol. The summed E-state index contributed by atoms with van der Waals surface area (Å²) in [6, 6.07) is 8.10. The summed E-state index contributed by atoms with van der Waals surface area (Å²) in [5.41, 5.74) is 1.12. The number of hydrogen-bond acceptors (Lipinski definition) is 2. The molecule has 2 nitrogen and oxygen atoms in total. The summed E-state index contributed by atoms with van der Waals surface area (Å²) in [6.45, 7) is 0.568. The fourth-order valence-corrected chi connectivity index (χ4v) is 3.17. The largest absolute Gasteiger partial charge is 0.491 e. The molecule has 1 aliphatic carbocycles. The van der Waals surface area contributed by atoms with Gasteiger partial charge in [-0.1, -0.05) is 18.2 Å². The van der Waals surface area contributed by atoms with E-state index >= 15 is 0 Å². The van der Waals surface area contributed by atoms with E-state index in [4.69, 9.17) is 4.74 Å². The molecule has 0 spiro atoms. The molecule has 0 bridgehead atoms. The van der Waals surface area contributed by atoms with Crippen LogP contribution in [0.25, 0.3) is 0 Å². The van der Waals surface area contributed by atoms with Gasteiger partial charge in [0.2, 0.25) is 0 Å². The standard InChI is InChI=1S/C15H18F3NO/c16-15(17,18)10-5-7-11(8-6-10)19-13-9-20-14-4-2-1-3-12(13)14/h1-4,10-11,13,19H,5-9H2. The molecule has 1 aliphatic heterocycles. The minimum absolute atomic E-state index is 0.110. The maximum absolute atomic E-state index is 12.6. The molecule has 110 valence electrons. The molecule has 1 N–H and O–H groups in total. The Morgan fingerprint density at radius 1 is 1.05 bits per heavy atom. The van der Waals surface area contributed by atoms with Gasteiger partial charge in [-0.15, -0.1) is 0 Å². The van der Waals surface area contributed by atoms with Crippen LogP contribution in [0.2, 0.25) is 0 Å². The van der Waals surface area contributed by atoms with Gasteiger partial charge in [0.15, 0.2) is 0 Å². The highest BCUT2D eigenvalue weighted by molar-refractivity contribution is 5.39. The number of nitrogens with one attached hydrogen (secondary N) is 1. The lowest BCUT2D eigenvalue weighted by atomic mass is 9.85. The van der Waals surface area contributed by atoms with E-state index in [0.29, 0.717) is 19.4 Å². The lowest BCUT2D eigenvalue weighted by Crippen LogP contribution is -2.39. The molecule has 1 aromatic rings. The average Bonchev–Trinajstić information content (AvgIpc) is 2.82. The molecule has 3 rings (SSSR count). The van der Waals surface area contributed by atoms with Gasteiger partial charge in [0.1, 0.15) is 12.4 Å². The molecule has 2 aliphatic rings. The number of fused-ring (bicyclic) bond motifs is 1. The van der Waals surface area contributed by atoms with Crippen LogP contribution in [-0.4, -0.2) is 18.8 Å². The number of hydrogen-bond donors (Lipinski definition) is 1. The Morgan fingerprint density at radius 2 is 1.75 bits per heavy atom. The fraction of sp³-hybridized carbons (Fsp3) is 0.600. The van der Waals surface area contributed by atoms with Crippen molar-refractivity contribution in [2.24, 2.45) is 5.92 Å². The van der Waals surface area contributed by atoms with E-state index in [1.807, 2.05) is 24.3 Å². The molecule has 1 aromatic carbocycles. The van der Waals surface area contributed by atoms with Gasteiger partial charge in [-0.2, -0.15) is 13.2 Å². The van der Waals surface area contributed by atoms with Gasteiger partial charge in [0.25, 0.3) is 0 Å². The molecule has 1 unspecified atom stereocenters. The summed E-state index contributed by atoms with van der Waals surface area (Å²) in [5.74, 6) is -0.235. The highest BCUT2D eigenvalue weighted by Gasteiger charge is 2.41. The number of alkyl halides is 3. The van der Waals surface area contributed by atoms with Gasteiger partial charge in [-0.05, 0) is 31.7 Å². The van der Waals surface area contributed by atoms with E-state index in [1.54, 1.807) is 0 Å². The molecule has 0 amide bonds. The van der Waals surface area contributed by atoms with Gasteiger partial charge in [0, 0.05) is 11.6 Å². The van der Waals surface area contributed by atoms with Gasteiger partial charge in [0.05, 0.1) is 12.0 Å². The Hall–Kier alpha value is -1.23. The predicted octanol–water partition coefficient (Wildman–Crippen LogP) is 3.83. The summed E-state index contributed by atoms with van der Waals surface area (Å²) < 4.78 is 43.5. The molecule has 20 heavy (non-hydrogen) atoms. The Balaban J connectivity index is 1.56. The lowest BCUT2D eigenvalue weighted by Gasteiger charge is -2.31. The van der Waals surface area contributed by atoms with E-state index in [1.165, 1.54) is 0 Å². The van der Waals surface area contributed by atoms with Crippen LogP contribution in [0.1, 0.15) is 37.3 Å². The van der Waals surface area contributed by atoms with Crippen molar-refractivity contribution in [1.82, 2.24) is 5.32 Å². The van der Waals surface area contributed by atoms with Crippen molar-refractivity contribution in [3.8, 4) is 5.75 Å². The van der Waals surface area contributed by atoms with E-state index in [0.717, 1.165) is 11.3 Å². The van der Waals surface area contributed by atoms with E-state index in [2.05, 4.69) is 5.32 Å². The molecule has 5 heteroatoms. The minimum Gasteiger partial charge on any atom is -0.491 e. The third kappa shape index (κ3) is 2.77. The molecular formula is C15H18F3NO. The smallest absolute Gasteiger partial charge is 0.391 e. The molecule has 0 saturated heterocycles. The number of rotatable bonds is 2. The van der Waals surface area contributed by atoms with Crippen LogP contribution in [0.3, 0.4) is 0 Å². The summed E-state index contributed by atoms with van der Waals surface area (Å²) in [6.07, 6.45) is -2.40. The highest BCUT2D eigenvalue weighted by atomic mass is 19.4. The third-order valence-corrected chi connectivity index (χ3v) is 4.33. The lowest BCUT2D eigenvalue weighted by molar-refractivity contribution is -0.182. The SMILES string of the molecule is FC(F)(F)C1CCC(NC2COc3ccccc32)CC1. The van der Waals surface area contributed by atoms with Gasteiger partial charge in [-0.3, -0.25) is 0 Å². The zero-order chi connectivity index (χ0) is 14.2. The zero-order valence-corrected chi connectivity index (χ0v) is 11.1. The molecular weight excluding hydrogens is 267 g/mol. The fourth-order valence-electron chi connectivity index (χ4n) is 3.17. The summed E-state index contributed by atoms with van der Waals surface area (Å²) >= 11 is 0. The third-order valence-electron chi connectivity index (χ3n) is 4.33.